The Bertz CT molecular complexity index is 635. The van der Waals surface area contributed by atoms with Crippen LogP contribution in [0, 0.1) is 0 Å². The molecule has 102 valence electrons. The van der Waals surface area contributed by atoms with E-state index in [1.807, 2.05) is 0 Å². The van der Waals surface area contributed by atoms with E-state index in [1.54, 1.807) is 36.4 Å². The minimum absolute atomic E-state index is 0.00906. The summed E-state index contributed by atoms with van der Waals surface area (Å²) in [6.45, 7) is 0. The van der Waals surface area contributed by atoms with Crippen molar-refractivity contribution in [1.29, 1.82) is 0 Å². The molecule has 1 atom stereocenters. The van der Waals surface area contributed by atoms with Gasteiger partial charge in [-0.15, -0.1) is 0 Å². The van der Waals surface area contributed by atoms with Gasteiger partial charge < -0.3 is 4.74 Å². The maximum atomic E-state index is 12.5. The fraction of sp³-hybridized carbons (Fsp3) is 0.188. The van der Waals surface area contributed by atoms with Crippen LogP contribution in [-0.4, -0.2) is 5.78 Å². The first-order chi connectivity index (χ1) is 9.65. The van der Waals surface area contributed by atoms with Gasteiger partial charge in [0.2, 0.25) is 0 Å². The Kier molecular flexibility index (Phi) is 3.22. The number of carbonyl (C=O) groups excluding carboxylic acids is 1. The van der Waals surface area contributed by atoms with Gasteiger partial charge in [0.05, 0.1) is 12.0 Å². The molecule has 0 amide bonds. The second kappa shape index (κ2) is 5.04. The van der Waals surface area contributed by atoms with Gasteiger partial charge in [-0.2, -0.15) is 0 Å². The molecule has 4 heteroatoms. The number of carbonyl (C=O) groups is 1. The molecular weight excluding hydrogens is 262 g/mol. The number of ether oxygens (including phenoxy) is 1. The van der Waals surface area contributed by atoms with Gasteiger partial charge in [-0.1, -0.05) is 36.4 Å². The van der Waals surface area contributed by atoms with Crippen LogP contribution in [0.1, 0.15) is 40.4 Å². The third kappa shape index (κ3) is 2.29. The summed E-state index contributed by atoms with van der Waals surface area (Å²) in [5.41, 5.74) is 1.28. The van der Waals surface area contributed by atoms with E-state index in [2.05, 4.69) is 0 Å². The highest BCUT2D eigenvalue weighted by atomic mass is 19.3. The molecule has 2 nitrogen and oxygen atoms in total. The number of hydrogen-bond donors (Lipinski definition) is 0. The number of rotatable bonds is 2. The van der Waals surface area contributed by atoms with Gasteiger partial charge in [0.1, 0.15) is 11.9 Å². The summed E-state index contributed by atoms with van der Waals surface area (Å²) in [5, 5.41) is 0. The summed E-state index contributed by atoms with van der Waals surface area (Å²) < 4.78 is 30.8. The number of hydrogen-bond acceptors (Lipinski definition) is 2. The Morgan fingerprint density at radius 2 is 1.75 bits per heavy atom. The van der Waals surface area contributed by atoms with Crippen LogP contribution in [0.3, 0.4) is 0 Å². The average molecular weight is 274 g/mol. The molecule has 1 unspecified atom stereocenters. The quantitative estimate of drug-likeness (QED) is 0.814. The van der Waals surface area contributed by atoms with Gasteiger partial charge in [0.25, 0.3) is 6.43 Å². The molecule has 0 fully saturated rings. The van der Waals surface area contributed by atoms with Crippen LogP contribution in [0.15, 0.2) is 48.5 Å². The van der Waals surface area contributed by atoms with E-state index in [0.29, 0.717) is 11.3 Å². The first-order valence-corrected chi connectivity index (χ1v) is 6.32. The summed E-state index contributed by atoms with van der Waals surface area (Å²) in [7, 11) is 0. The van der Waals surface area contributed by atoms with Crippen molar-refractivity contribution in [3.63, 3.8) is 0 Å². The Morgan fingerprint density at radius 3 is 2.45 bits per heavy atom. The molecule has 3 rings (SSSR count). The fourth-order valence-electron chi connectivity index (χ4n) is 2.32. The molecule has 0 radical (unpaired) electrons. The second-order valence-electron chi connectivity index (χ2n) is 4.70. The second-order valence-corrected chi connectivity index (χ2v) is 4.70. The van der Waals surface area contributed by atoms with Crippen molar-refractivity contribution >= 4 is 5.78 Å². The molecule has 1 aliphatic heterocycles. The Balaban J connectivity index is 1.88. The molecule has 2 aromatic carbocycles. The Morgan fingerprint density at radius 1 is 1.05 bits per heavy atom. The van der Waals surface area contributed by atoms with Gasteiger partial charge >= 0.3 is 0 Å². The lowest BCUT2D eigenvalue weighted by Gasteiger charge is -2.25. The molecule has 0 saturated heterocycles. The van der Waals surface area contributed by atoms with Crippen LogP contribution in [0.2, 0.25) is 0 Å². The maximum absolute atomic E-state index is 12.5. The molecule has 1 aliphatic rings. The minimum Gasteiger partial charge on any atom is -0.484 e. The molecule has 2 aromatic rings. The Hall–Kier alpha value is -2.23. The number of fused-ring (bicyclic) bond motifs is 1. The normalized spacial score (nSPS) is 17.8. The van der Waals surface area contributed by atoms with Crippen molar-refractivity contribution in [2.45, 2.75) is 19.0 Å². The Labute approximate surface area is 115 Å². The molecule has 20 heavy (non-hydrogen) atoms. The largest absolute Gasteiger partial charge is 0.484 e. The van der Waals surface area contributed by atoms with Crippen molar-refractivity contribution in [3.05, 3.63) is 65.2 Å². The van der Waals surface area contributed by atoms with Crippen LogP contribution in [0.25, 0.3) is 0 Å². The molecule has 0 N–H and O–H groups in total. The van der Waals surface area contributed by atoms with Gasteiger partial charge in [-0.05, 0) is 17.7 Å². The van der Waals surface area contributed by atoms with Crippen molar-refractivity contribution in [3.8, 4) is 5.75 Å². The predicted octanol–water partition coefficient (Wildman–Crippen LogP) is 4.33. The van der Waals surface area contributed by atoms with Crippen LogP contribution in [0.4, 0.5) is 8.78 Å². The van der Waals surface area contributed by atoms with E-state index in [1.165, 1.54) is 12.1 Å². The third-order valence-electron chi connectivity index (χ3n) is 3.39. The number of alkyl halides is 2. The van der Waals surface area contributed by atoms with Crippen LogP contribution in [0.5, 0.6) is 5.75 Å². The maximum Gasteiger partial charge on any atom is 0.263 e. The zero-order valence-corrected chi connectivity index (χ0v) is 10.6. The lowest BCUT2D eigenvalue weighted by molar-refractivity contribution is 0.0849. The molecule has 0 bridgehead atoms. The van der Waals surface area contributed by atoms with E-state index < -0.39 is 12.5 Å². The van der Waals surface area contributed by atoms with E-state index in [4.69, 9.17) is 4.74 Å². The summed E-state index contributed by atoms with van der Waals surface area (Å²) in [5.74, 6) is 0.557. The van der Waals surface area contributed by atoms with E-state index in [9.17, 15) is 13.6 Å². The van der Waals surface area contributed by atoms with Gasteiger partial charge in [-0.3, -0.25) is 4.79 Å². The fourth-order valence-corrected chi connectivity index (χ4v) is 2.32. The number of Topliss-reactive ketones (excluding diaryl/α,β-unsaturated/α-hetero) is 1. The number of halogens is 2. The van der Waals surface area contributed by atoms with E-state index in [0.717, 1.165) is 5.56 Å². The molecule has 0 aromatic heterocycles. The average Bonchev–Trinajstić information content (AvgIpc) is 2.47. The van der Waals surface area contributed by atoms with Crippen molar-refractivity contribution < 1.29 is 18.3 Å². The van der Waals surface area contributed by atoms with Gasteiger partial charge in [0, 0.05) is 5.56 Å². The lowest BCUT2D eigenvalue weighted by atomic mass is 9.96. The first-order valence-electron chi connectivity index (χ1n) is 6.32. The first kappa shape index (κ1) is 12.8. The zero-order chi connectivity index (χ0) is 14.1. The summed E-state index contributed by atoms with van der Waals surface area (Å²) >= 11 is 0. The van der Waals surface area contributed by atoms with Crippen molar-refractivity contribution in [2.24, 2.45) is 0 Å². The molecular formula is C16H12F2O2. The van der Waals surface area contributed by atoms with Crippen LogP contribution in [-0.2, 0) is 0 Å². The van der Waals surface area contributed by atoms with Gasteiger partial charge in [-0.25, -0.2) is 8.78 Å². The number of benzene rings is 2. The lowest BCUT2D eigenvalue weighted by Crippen LogP contribution is -2.20. The summed E-state index contributed by atoms with van der Waals surface area (Å²) in [4.78, 5) is 12.0. The highest BCUT2D eigenvalue weighted by molar-refractivity contribution is 5.99. The minimum atomic E-state index is -2.49. The summed E-state index contributed by atoms with van der Waals surface area (Å²) in [6, 6.07) is 13.0. The van der Waals surface area contributed by atoms with Crippen molar-refractivity contribution in [2.75, 3.05) is 0 Å². The zero-order valence-electron chi connectivity index (χ0n) is 10.6. The van der Waals surface area contributed by atoms with Gasteiger partial charge in [0.15, 0.2) is 5.78 Å². The van der Waals surface area contributed by atoms with Crippen LogP contribution >= 0.6 is 0 Å². The highest BCUT2D eigenvalue weighted by Gasteiger charge is 2.27. The number of para-hydroxylation sites is 1. The third-order valence-corrected chi connectivity index (χ3v) is 3.39. The van der Waals surface area contributed by atoms with Crippen LogP contribution < -0.4 is 4.74 Å². The smallest absolute Gasteiger partial charge is 0.263 e. The SMILES string of the molecule is O=C1CC(c2ccc(C(F)F)cc2)Oc2ccccc21. The van der Waals surface area contributed by atoms with E-state index >= 15 is 0 Å². The number of ketones is 1. The standard InChI is InChI=1S/C16H12F2O2/c17-16(18)11-7-5-10(6-8-11)15-9-13(19)12-3-1-2-4-14(12)20-15/h1-8,15-16H,9H2. The molecule has 0 aliphatic carbocycles. The molecule has 0 spiro atoms. The molecule has 0 saturated carbocycles. The van der Waals surface area contributed by atoms with E-state index in [-0.39, 0.29) is 17.8 Å². The monoisotopic (exact) mass is 274 g/mol. The molecule has 1 heterocycles. The predicted molar refractivity (Wildman–Crippen MR) is 70.2 cm³/mol. The highest BCUT2D eigenvalue weighted by Crippen LogP contribution is 2.35. The topological polar surface area (TPSA) is 26.3 Å². The van der Waals surface area contributed by atoms with Crippen molar-refractivity contribution in [1.82, 2.24) is 0 Å². The summed E-state index contributed by atoms with van der Waals surface area (Å²) in [6.07, 6.45) is -2.67.